The highest BCUT2D eigenvalue weighted by Crippen LogP contribution is 2.19. The van der Waals surface area contributed by atoms with Gasteiger partial charge in [-0.3, -0.25) is 4.99 Å². The van der Waals surface area contributed by atoms with Crippen LogP contribution in [0, 0.1) is 18.3 Å². The van der Waals surface area contributed by atoms with Crippen molar-refractivity contribution >= 4 is 11.9 Å². The number of nitrogens with zero attached hydrogens (tertiary/aromatic N) is 2. The van der Waals surface area contributed by atoms with Crippen LogP contribution < -0.4 is 0 Å². The third-order valence-corrected chi connectivity index (χ3v) is 2.43. The summed E-state index contributed by atoms with van der Waals surface area (Å²) in [6.07, 6.45) is 1.77. The van der Waals surface area contributed by atoms with Crippen molar-refractivity contribution < 1.29 is 0 Å². The molecule has 2 aromatic rings. The fraction of sp³-hybridized carbons (Fsp3) is 0.0667. The zero-order valence-corrected chi connectivity index (χ0v) is 9.59. The van der Waals surface area contributed by atoms with Crippen LogP contribution in [-0.4, -0.2) is 6.21 Å². The second-order valence-electron chi connectivity index (χ2n) is 3.80. The summed E-state index contributed by atoms with van der Waals surface area (Å²) >= 11 is 0. The van der Waals surface area contributed by atoms with Crippen molar-refractivity contribution in [3.05, 3.63) is 65.2 Å². The lowest BCUT2D eigenvalue weighted by molar-refractivity contribution is 1.39. The lowest BCUT2D eigenvalue weighted by Gasteiger charge is -1.99. The number of aliphatic imine (C=N–C) groups is 1. The van der Waals surface area contributed by atoms with Crippen molar-refractivity contribution in [2.75, 3.05) is 0 Å². The summed E-state index contributed by atoms with van der Waals surface area (Å²) in [5.41, 5.74) is 3.45. The van der Waals surface area contributed by atoms with E-state index < -0.39 is 0 Å². The molecule has 0 atom stereocenters. The topological polar surface area (TPSA) is 36.1 Å². The summed E-state index contributed by atoms with van der Waals surface area (Å²) in [7, 11) is 0. The Morgan fingerprint density at radius 3 is 2.59 bits per heavy atom. The third-order valence-electron chi connectivity index (χ3n) is 2.43. The highest BCUT2D eigenvalue weighted by Gasteiger charge is 1.99. The van der Waals surface area contributed by atoms with Crippen LogP contribution in [0.2, 0.25) is 0 Å². The molecule has 2 aromatic carbocycles. The summed E-state index contributed by atoms with van der Waals surface area (Å²) in [5.74, 6) is 0. The molecule has 0 aliphatic heterocycles. The van der Waals surface area contributed by atoms with E-state index in [1.807, 2.05) is 49.4 Å². The molecule has 2 heteroatoms. The Labute approximate surface area is 101 Å². The van der Waals surface area contributed by atoms with Crippen molar-refractivity contribution in [2.24, 2.45) is 4.99 Å². The molecule has 2 nitrogen and oxygen atoms in total. The van der Waals surface area contributed by atoms with Gasteiger partial charge in [0.1, 0.15) is 6.07 Å². The first-order valence-electron chi connectivity index (χ1n) is 5.39. The summed E-state index contributed by atoms with van der Waals surface area (Å²) in [6.45, 7) is 1.99. The molecular formula is C15H12N2. The molecule has 17 heavy (non-hydrogen) atoms. The van der Waals surface area contributed by atoms with Gasteiger partial charge in [-0.15, -0.1) is 0 Å². The van der Waals surface area contributed by atoms with Crippen molar-refractivity contribution in [3.63, 3.8) is 0 Å². The molecule has 0 aromatic heterocycles. The van der Waals surface area contributed by atoms with Crippen molar-refractivity contribution in [1.29, 1.82) is 5.26 Å². The summed E-state index contributed by atoms with van der Waals surface area (Å²) in [5, 5.41) is 8.98. The zero-order valence-electron chi connectivity index (χ0n) is 9.59. The van der Waals surface area contributed by atoms with Gasteiger partial charge in [0, 0.05) is 6.21 Å². The SMILES string of the molecule is Cc1ccc(C#N)c(/N=C/c2ccccc2)c1. The van der Waals surface area contributed by atoms with E-state index in [2.05, 4.69) is 11.1 Å². The van der Waals surface area contributed by atoms with Gasteiger partial charge in [-0.25, -0.2) is 0 Å². The van der Waals surface area contributed by atoms with E-state index in [1.54, 1.807) is 12.3 Å². The fourth-order valence-electron chi connectivity index (χ4n) is 1.53. The Hall–Kier alpha value is -2.40. The molecule has 0 fully saturated rings. The Kier molecular flexibility index (Phi) is 3.32. The minimum Gasteiger partial charge on any atom is -0.255 e. The molecule has 0 spiro atoms. The standard InChI is InChI=1S/C15H12N2/c1-12-7-8-14(10-16)15(9-12)17-11-13-5-3-2-4-6-13/h2-9,11H,1H3/b17-11+. The number of nitriles is 1. The van der Waals surface area contributed by atoms with Crippen LogP contribution in [0.1, 0.15) is 16.7 Å². The maximum atomic E-state index is 8.98. The van der Waals surface area contributed by atoms with Gasteiger partial charge in [0.2, 0.25) is 0 Å². The van der Waals surface area contributed by atoms with Crippen LogP contribution in [0.3, 0.4) is 0 Å². The number of benzene rings is 2. The molecule has 0 unspecified atom stereocenters. The number of rotatable bonds is 2. The van der Waals surface area contributed by atoms with Crippen LogP contribution >= 0.6 is 0 Å². The first-order chi connectivity index (χ1) is 8.29. The number of hydrogen-bond donors (Lipinski definition) is 0. The average Bonchev–Trinajstić information content (AvgIpc) is 2.38. The van der Waals surface area contributed by atoms with Crippen molar-refractivity contribution in [1.82, 2.24) is 0 Å². The van der Waals surface area contributed by atoms with E-state index in [9.17, 15) is 0 Å². The summed E-state index contributed by atoms with van der Waals surface area (Å²) < 4.78 is 0. The molecule has 0 saturated heterocycles. The molecule has 0 radical (unpaired) electrons. The second-order valence-corrected chi connectivity index (χ2v) is 3.80. The zero-order chi connectivity index (χ0) is 12.1. The van der Waals surface area contributed by atoms with Crippen molar-refractivity contribution in [3.8, 4) is 6.07 Å². The maximum Gasteiger partial charge on any atom is 0.101 e. The van der Waals surface area contributed by atoms with E-state index in [4.69, 9.17) is 5.26 Å². The molecule has 0 amide bonds. The van der Waals surface area contributed by atoms with Crippen LogP contribution in [0.25, 0.3) is 0 Å². The highest BCUT2D eigenvalue weighted by molar-refractivity contribution is 5.82. The van der Waals surface area contributed by atoms with Crippen LogP contribution in [0.15, 0.2) is 53.5 Å². The van der Waals surface area contributed by atoms with Crippen molar-refractivity contribution in [2.45, 2.75) is 6.92 Å². The highest BCUT2D eigenvalue weighted by atomic mass is 14.7. The first kappa shape index (κ1) is 11.1. The van der Waals surface area contributed by atoms with Gasteiger partial charge < -0.3 is 0 Å². The van der Waals surface area contributed by atoms with E-state index >= 15 is 0 Å². The van der Waals surface area contributed by atoms with Crippen LogP contribution in [0.5, 0.6) is 0 Å². The molecule has 0 saturated carbocycles. The van der Waals surface area contributed by atoms with Gasteiger partial charge in [0.05, 0.1) is 11.3 Å². The Bertz CT molecular complexity index is 578. The Morgan fingerprint density at radius 1 is 1.12 bits per heavy atom. The predicted octanol–water partition coefficient (Wildman–Crippen LogP) is 3.62. The average molecular weight is 220 g/mol. The first-order valence-corrected chi connectivity index (χ1v) is 5.39. The minimum absolute atomic E-state index is 0.600. The molecular weight excluding hydrogens is 208 g/mol. The minimum atomic E-state index is 0.600. The van der Waals surface area contributed by atoms with E-state index in [-0.39, 0.29) is 0 Å². The summed E-state index contributed by atoms with van der Waals surface area (Å²) in [4.78, 5) is 4.36. The fourth-order valence-corrected chi connectivity index (χ4v) is 1.53. The number of hydrogen-bond acceptors (Lipinski definition) is 2. The van der Waals surface area contributed by atoms with E-state index in [0.29, 0.717) is 5.56 Å². The van der Waals surface area contributed by atoms with E-state index in [0.717, 1.165) is 16.8 Å². The van der Waals surface area contributed by atoms with Crippen LogP contribution in [-0.2, 0) is 0 Å². The molecule has 82 valence electrons. The summed E-state index contributed by atoms with van der Waals surface area (Å²) in [6, 6.07) is 17.6. The molecule has 0 aliphatic carbocycles. The lowest BCUT2D eigenvalue weighted by atomic mass is 10.1. The third kappa shape index (κ3) is 2.79. The van der Waals surface area contributed by atoms with Gasteiger partial charge in [0.25, 0.3) is 0 Å². The van der Waals surface area contributed by atoms with Gasteiger partial charge in [-0.2, -0.15) is 5.26 Å². The normalized spacial score (nSPS) is 10.4. The predicted molar refractivity (Wildman–Crippen MR) is 69.6 cm³/mol. The molecule has 0 N–H and O–H groups in total. The monoisotopic (exact) mass is 220 g/mol. The van der Waals surface area contributed by atoms with Gasteiger partial charge in [0.15, 0.2) is 0 Å². The van der Waals surface area contributed by atoms with E-state index in [1.165, 1.54) is 0 Å². The second kappa shape index (κ2) is 5.09. The Balaban J connectivity index is 2.33. The largest absolute Gasteiger partial charge is 0.255 e. The van der Waals surface area contributed by atoms with Gasteiger partial charge in [-0.1, -0.05) is 36.4 Å². The quantitative estimate of drug-likeness (QED) is 0.712. The number of aryl methyl sites for hydroxylation is 1. The molecule has 0 bridgehead atoms. The molecule has 0 aliphatic rings. The maximum absolute atomic E-state index is 8.98. The van der Waals surface area contributed by atoms with Crippen LogP contribution in [0.4, 0.5) is 5.69 Å². The molecule has 0 heterocycles. The lowest BCUT2D eigenvalue weighted by Crippen LogP contribution is -1.82. The molecule has 2 rings (SSSR count). The van der Waals surface area contributed by atoms with Gasteiger partial charge >= 0.3 is 0 Å². The smallest absolute Gasteiger partial charge is 0.101 e. The Morgan fingerprint density at radius 2 is 1.88 bits per heavy atom. The van der Waals surface area contributed by atoms with Gasteiger partial charge in [-0.05, 0) is 30.2 Å².